The van der Waals surface area contributed by atoms with Gasteiger partial charge in [-0.2, -0.15) is 0 Å². The lowest BCUT2D eigenvalue weighted by atomic mass is 9.95. The fourth-order valence-electron chi connectivity index (χ4n) is 4.86. The van der Waals surface area contributed by atoms with Crippen LogP contribution in [-0.2, 0) is 15.3 Å². The largest absolute Gasteiger partial charge is 0.507 e. The van der Waals surface area contributed by atoms with Gasteiger partial charge in [-0.05, 0) is 73.0 Å². The minimum Gasteiger partial charge on any atom is -0.507 e. The van der Waals surface area contributed by atoms with E-state index in [9.17, 15) is 14.7 Å². The van der Waals surface area contributed by atoms with Crippen LogP contribution in [0, 0.1) is 0 Å². The number of unbranched alkanes of at least 4 members (excludes halogenated alkanes) is 2. The van der Waals surface area contributed by atoms with Gasteiger partial charge in [0, 0.05) is 26.4 Å². The van der Waals surface area contributed by atoms with E-state index in [2.05, 4.69) is 17.1 Å². The minimum atomic E-state index is -1.03. The first-order valence-corrected chi connectivity index (χ1v) is 17.5. The summed E-state index contributed by atoms with van der Waals surface area (Å²) in [7, 11) is 0. The number of hydrogen-bond acceptors (Lipinski definition) is 9. The number of ketones is 1. The number of nitrogens with zero attached hydrogens (tertiary/aromatic N) is 3. The molecule has 0 spiro atoms. The fraction of sp³-hybridized carbons (Fsp3) is 0.273. The molecule has 8 nitrogen and oxygen atoms in total. The number of thioether (sulfide) groups is 1. The smallest absolute Gasteiger partial charge is 0.301 e. The van der Waals surface area contributed by atoms with Crippen LogP contribution in [0.15, 0.2) is 70.6 Å². The molecule has 1 unspecified atom stereocenters. The van der Waals surface area contributed by atoms with Crippen LogP contribution in [0.25, 0.3) is 5.76 Å². The van der Waals surface area contributed by atoms with E-state index in [1.165, 1.54) is 16.7 Å². The Kier molecular flexibility index (Phi) is 11.5. The summed E-state index contributed by atoms with van der Waals surface area (Å²) in [5.74, 6) is -0.536. The van der Waals surface area contributed by atoms with E-state index < -0.39 is 17.7 Å². The van der Waals surface area contributed by atoms with Gasteiger partial charge < -0.3 is 14.6 Å². The van der Waals surface area contributed by atoms with Crippen molar-refractivity contribution in [1.29, 1.82) is 0 Å². The van der Waals surface area contributed by atoms with E-state index in [0.29, 0.717) is 61.0 Å². The Labute approximate surface area is 290 Å². The Morgan fingerprint density at radius 1 is 0.935 bits per heavy atom. The van der Waals surface area contributed by atoms with E-state index in [-0.39, 0.29) is 16.5 Å². The molecule has 46 heavy (non-hydrogen) atoms. The summed E-state index contributed by atoms with van der Waals surface area (Å²) in [4.78, 5) is 28.6. The molecule has 1 amide bonds. The van der Waals surface area contributed by atoms with Crippen LogP contribution >= 0.6 is 57.9 Å². The highest BCUT2D eigenvalue weighted by Gasteiger charge is 2.48. The van der Waals surface area contributed by atoms with Crippen LogP contribution in [0.1, 0.15) is 55.8 Å². The van der Waals surface area contributed by atoms with Crippen LogP contribution in [0.5, 0.6) is 11.5 Å². The van der Waals surface area contributed by atoms with Crippen molar-refractivity contribution >= 4 is 80.5 Å². The van der Waals surface area contributed by atoms with Crippen molar-refractivity contribution in [2.75, 3.05) is 18.1 Å². The number of Topliss-reactive ketones (excluding diaryl/α,β-unsaturated/α-hetero) is 1. The lowest BCUT2D eigenvalue weighted by Gasteiger charge is -2.23. The molecule has 1 atom stereocenters. The number of ether oxygens (including phenoxy) is 2. The molecule has 1 aliphatic heterocycles. The number of anilines is 1. The summed E-state index contributed by atoms with van der Waals surface area (Å²) in [5, 5.41) is 21.8. The summed E-state index contributed by atoms with van der Waals surface area (Å²) in [6, 6.07) is 15.9. The third-order valence-electron chi connectivity index (χ3n) is 7.12. The highest BCUT2D eigenvalue weighted by molar-refractivity contribution is 8.00. The highest BCUT2D eigenvalue weighted by Crippen LogP contribution is 2.46. The molecule has 1 saturated heterocycles. The van der Waals surface area contributed by atoms with Crippen molar-refractivity contribution < 1.29 is 24.2 Å². The van der Waals surface area contributed by atoms with E-state index in [1.54, 1.807) is 54.6 Å². The number of hydrogen-bond donors (Lipinski definition) is 1. The minimum absolute atomic E-state index is 0.0938. The molecule has 240 valence electrons. The average molecular weight is 719 g/mol. The van der Waals surface area contributed by atoms with Crippen LogP contribution in [-0.4, -0.2) is 40.2 Å². The van der Waals surface area contributed by atoms with Crippen molar-refractivity contribution in [1.82, 2.24) is 10.2 Å². The summed E-state index contributed by atoms with van der Waals surface area (Å²) < 4.78 is 12.5. The molecule has 0 aliphatic carbocycles. The Balaban J connectivity index is 1.54. The maximum atomic E-state index is 13.7. The van der Waals surface area contributed by atoms with Gasteiger partial charge in [-0.1, -0.05) is 89.8 Å². The summed E-state index contributed by atoms with van der Waals surface area (Å²) in [5.41, 5.74) is 1.62. The molecule has 13 heteroatoms. The predicted octanol–water partition coefficient (Wildman–Crippen LogP) is 9.38. The lowest BCUT2D eigenvalue weighted by molar-refractivity contribution is -0.132. The molecule has 5 rings (SSSR count). The zero-order chi connectivity index (χ0) is 32.8. The van der Waals surface area contributed by atoms with E-state index >= 15 is 0 Å². The Morgan fingerprint density at radius 2 is 1.70 bits per heavy atom. The number of benzene rings is 3. The van der Waals surface area contributed by atoms with Crippen molar-refractivity contribution in [3.8, 4) is 11.5 Å². The van der Waals surface area contributed by atoms with E-state index in [4.69, 9.17) is 44.3 Å². The summed E-state index contributed by atoms with van der Waals surface area (Å²) in [6.07, 6.45) is 3.00. The van der Waals surface area contributed by atoms with Crippen molar-refractivity contribution in [3.63, 3.8) is 0 Å². The number of carbonyl (C=O) groups excluding carboxylic acids is 2. The molecular weight excluding hydrogens is 689 g/mol. The van der Waals surface area contributed by atoms with Gasteiger partial charge in [-0.3, -0.25) is 14.5 Å². The summed E-state index contributed by atoms with van der Waals surface area (Å²) in [6.45, 7) is 4.87. The topological polar surface area (TPSA) is 102 Å². The molecule has 1 N–H and O–H groups in total. The van der Waals surface area contributed by atoms with Crippen molar-refractivity contribution in [2.45, 2.75) is 49.2 Å². The van der Waals surface area contributed by atoms with Crippen LogP contribution in [0.2, 0.25) is 15.1 Å². The number of aliphatic hydroxyl groups is 1. The second-order valence-electron chi connectivity index (χ2n) is 10.2. The molecule has 0 bridgehead atoms. The van der Waals surface area contributed by atoms with Crippen molar-refractivity contribution in [3.05, 3.63) is 98.0 Å². The molecule has 1 aromatic heterocycles. The second-order valence-corrected chi connectivity index (χ2v) is 13.7. The standard InChI is InChI=1S/C33H30Cl3N3O5S2/c1-3-5-6-15-44-25-14-10-20(16-26(25)43-4-2)28-27(29(40)19-7-11-22(34)12-8-19)30(41)31(42)39(28)32-37-38-33(46-32)45-18-21-9-13-23(35)17-24(21)36/h7-14,16-17,28,40H,3-6,15,18H2,1-2H3. The number of amides is 1. The molecule has 1 aliphatic rings. The molecule has 0 saturated carbocycles. The zero-order valence-electron chi connectivity index (χ0n) is 25.0. The number of carbonyl (C=O) groups is 2. The van der Waals surface area contributed by atoms with Crippen LogP contribution < -0.4 is 14.4 Å². The molecule has 4 aromatic rings. The van der Waals surface area contributed by atoms with Gasteiger partial charge in [-0.25, -0.2) is 0 Å². The Hall–Kier alpha value is -3.28. The number of rotatable bonds is 13. The molecular formula is C33H30Cl3N3O5S2. The van der Waals surface area contributed by atoms with Gasteiger partial charge in [0.25, 0.3) is 5.78 Å². The van der Waals surface area contributed by atoms with E-state index in [1.807, 2.05) is 13.0 Å². The predicted molar refractivity (Wildman–Crippen MR) is 185 cm³/mol. The Morgan fingerprint density at radius 3 is 2.41 bits per heavy atom. The average Bonchev–Trinajstić information content (AvgIpc) is 3.61. The normalized spacial score (nSPS) is 15.8. The highest BCUT2D eigenvalue weighted by atomic mass is 35.5. The third kappa shape index (κ3) is 7.64. The first kappa shape index (κ1) is 34.1. The zero-order valence-corrected chi connectivity index (χ0v) is 28.9. The molecule has 2 heterocycles. The van der Waals surface area contributed by atoms with Gasteiger partial charge in [0.05, 0.1) is 24.8 Å². The van der Waals surface area contributed by atoms with Gasteiger partial charge in [-0.15, -0.1) is 10.2 Å². The molecule has 1 fully saturated rings. The molecule has 3 aromatic carbocycles. The monoisotopic (exact) mass is 717 g/mol. The SMILES string of the molecule is CCCCCOc1ccc(C2C(=C(O)c3ccc(Cl)cc3)C(=O)C(=O)N2c2nnc(SCc3ccc(Cl)cc3Cl)s2)cc1OCC. The van der Waals surface area contributed by atoms with Gasteiger partial charge in [0.2, 0.25) is 5.13 Å². The first-order valence-electron chi connectivity index (χ1n) is 14.6. The number of aliphatic hydroxyl groups excluding tert-OH is 1. The third-order valence-corrected chi connectivity index (χ3v) is 10.1. The first-order chi connectivity index (χ1) is 22.2. The maximum absolute atomic E-state index is 13.7. The quantitative estimate of drug-likeness (QED) is 0.0365. The van der Waals surface area contributed by atoms with E-state index in [0.717, 1.165) is 36.2 Å². The maximum Gasteiger partial charge on any atom is 0.301 e. The van der Waals surface area contributed by atoms with Crippen LogP contribution in [0.3, 0.4) is 0 Å². The molecule has 0 radical (unpaired) electrons. The summed E-state index contributed by atoms with van der Waals surface area (Å²) >= 11 is 21.0. The van der Waals surface area contributed by atoms with Gasteiger partial charge in [0.1, 0.15) is 5.76 Å². The Bertz CT molecular complexity index is 1760. The van der Waals surface area contributed by atoms with Crippen LogP contribution in [0.4, 0.5) is 5.13 Å². The van der Waals surface area contributed by atoms with Gasteiger partial charge >= 0.3 is 5.91 Å². The number of halogens is 3. The second kappa shape index (κ2) is 15.5. The fourth-order valence-corrected chi connectivity index (χ4v) is 7.41. The number of aromatic nitrogens is 2. The van der Waals surface area contributed by atoms with Crippen molar-refractivity contribution in [2.24, 2.45) is 0 Å². The van der Waals surface area contributed by atoms with Gasteiger partial charge in [0.15, 0.2) is 15.8 Å². The lowest BCUT2D eigenvalue weighted by Crippen LogP contribution is -2.29.